The van der Waals surface area contributed by atoms with Gasteiger partial charge in [0.05, 0.1) is 5.76 Å². The average Bonchev–Trinajstić information content (AvgIpc) is 2.99. The lowest BCUT2D eigenvalue weighted by Gasteiger charge is -2.44. The Kier molecular flexibility index (Phi) is 8.74. The fourth-order valence-corrected chi connectivity index (χ4v) is 7.26. The first-order chi connectivity index (χ1) is 15.0. The zero-order chi connectivity index (χ0) is 23.5. The molecule has 3 N–H and O–H groups in total. The Morgan fingerprint density at radius 1 is 1.31 bits per heavy atom. The lowest BCUT2D eigenvalue weighted by atomic mass is 9.62. The van der Waals surface area contributed by atoms with Gasteiger partial charge in [0.25, 0.3) is 0 Å². The van der Waals surface area contributed by atoms with E-state index in [2.05, 4.69) is 38.3 Å². The number of aliphatic hydroxyl groups is 3. The van der Waals surface area contributed by atoms with Crippen molar-refractivity contribution in [3.05, 3.63) is 47.3 Å². The first-order valence-corrected chi connectivity index (χ1v) is 13.2. The Balaban J connectivity index is 1.73. The Bertz CT molecular complexity index is 776. The maximum Gasteiger partial charge on any atom is 0.104 e. The van der Waals surface area contributed by atoms with Gasteiger partial charge in [-0.05, 0) is 105 Å². The molecule has 2 fully saturated rings. The number of hydrogen-bond donors (Lipinski definition) is 5. The summed E-state index contributed by atoms with van der Waals surface area (Å²) in [4.78, 5) is -0.896. The number of rotatable bonds is 7. The highest BCUT2D eigenvalue weighted by Crippen LogP contribution is 2.59. The van der Waals surface area contributed by atoms with Crippen LogP contribution >= 0.6 is 25.3 Å². The molecule has 0 aromatic carbocycles. The van der Waals surface area contributed by atoms with E-state index in [1.807, 2.05) is 0 Å². The van der Waals surface area contributed by atoms with Crippen LogP contribution in [0.3, 0.4) is 0 Å². The van der Waals surface area contributed by atoms with Crippen molar-refractivity contribution in [1.29, 1.82) is 0 Å². The van der Waals surface area contributed by atoms with Crippen LogP contribution in [0.25, 0.3) is 0 Å². The largest absolute Gasteiger partial charge is 0.512 e. The highest BCUT2D eigenvalue weighted by atomic mass is 32.1. The highest BCUT2D eigenvalue weighted by molar-refractivity contribution is 7.81. The molecule has 0 amide bonds. The van der Waals surface area contributed by atoms with Crippen molar-refractivity contribution in [1.82, 2.24) is 0 Å². The zero-order valence-electron chi connectivity index (χ0n) is 19.8. The van der Waals surface area contributed by atoms with Gasteiger partial charge in [0.2, 0.25) is 0 Å². The summed E-state index contributed by atoms with van der Waals surface area (Å²) in [5.74, 6) is 1.56. The van der Waals surface area contributed by atoms with Crippen LogP contribution in [-0.4, -0.2) is 32.1 Å². The van der Waals surface area contributed by atoms with Crippen LogP contribution in [0, 0.1) is 23.2 Å². The van der Waals surface area contributed by atoms with Crippen LogP contribution in [0.4, 0.5) is 0 Å². The molecular weight excluding hydrogens is 436 g/mol. The SMILES string of the molecule is C=C1C=C(O)C[C@H](CO)C/C1=C/C=C1\CCC[C@]2(C)C([C@H](S)CCCC(C)(O)S)CC[C@@H]12. The van der Waals surface area contributed by atoms with Gasteiger partial charge >= 0.3 is 0 Å². The van der Waals surface area contributed by atoms with Crippen molar-refractivity contribution in [2.45, 2.75) is 88.2 Å². The lowest BCUT2D eigenvalue weighted by Crippen LogP contribution is -2.37. The van der Waals surface area contributed by atoms with Gasteiger partial charge in [0.1, 0.15) is 4.93 Å². The maximum absolute atomic E-state index is 10.1. The fraction of sp³-hybridized carbons (Fsp3) is 0.704. The molecular formula is C27H42O3S2. The maximum atomic E-state index is 10.1. The smallest absolute Gasteiger partial charge is 0.104 e. The topological polar surface area (TPSA) is 60.7 Å². The third kappa shape index (κ3) is 6.28. The summed E-state index contributed by atoms with van der Waals surface area (Å²) in [7, 11) is 0. The molecule has 3 nitrogen and oxygen atoms in total. The number of hydrogen-bond acceptors (Lipinski definition) is 5. The van der Waals surface area contributed by atoms with Crippen LogP contribution in [0.15, 0.2) is 47.3 Å². The normalized spacial score (nSPS) is 36.5. The number of aliphatic hydroxyl groups excluding tert-OH is 2. The predicted molar refractivity (Wildman–Crippen MR) is 140 cm³/mol. The summed E-state index contributed by atoms with van der Waals surface area (Å²) in [5, 5.41) is 30.0. The first-order valence-electron chi connectivity index (χ1n) is 12.3. The molecule has 5 heteroatoms. The Morgan fingerprint density at radius 3 is 2.75 bits per heavy atom. The summed E-state index contributed by atoms with van der Waals surface area (Å²) in [5.41, 5.74) is 3.80. The molecule has 0 saturated heterocycles. The summed E-state index contributed by atoms with van der Waals surface area (Å²) in [6, 6.07) is 0. The minimum Gasteiger partial charge on any atom is -0.512 e. The van der Waals surface area contributed by atoms with Crippen LogP contribution in [0.2, 0.25) is 0 Å². The Labute approximate surface area is 205 Å². The standard InChI is InChI=1S/C27H42O3S2/c1-18-14-22(29)16-19(17-28)15-21(18)9-8-20-6-4-12-26(2)23(20)10-11-24(26)25(31)7-5-13-27(3,30)32/h8-9,14,19,23-25,28-32H,1,4-7,10-13,15-17H2,2-3H3/b20-8+,21-9-/t19-,23+,24?,25-,26+,27?/m1/s1. The van der Waals surface area contributed by atoms with Crippen molar-refractivity contribution in [3.63, 3.8) is 0 Å². The van der Waals surface area contributed by atoms with Gasteiger partial charge in [-0.15, -0.1) is 12.6 Å². The summed E-state index contributed by atoms with van der Waals surface area (Å²) in [6.45, 7) is 8.46. The molecule has 0 radical (unpaired) electrons. The number of allylic oxidation sites excluding steroid dienone is 7. The van der Waals surface area contributed by atoms with E-state index < -0.39 is 4.93 Å². The van der Waals surface area contributed by atoms with Crippen LogP contribution in [-0.2, 0) is 0 Å². The van der Waals surface area contributed by atoms with Crippen LogP contribution in [0.1, 0.15) is 78.1 Å². The number of thiol groups is 2. The summed E-state index contributed by atoms with van der Waals surface area (Å²) >= 11 is 9.29. The molecule has 2 saturated carbocycles. The highest BCUT2D eigenvalue weighted by Gasteiger charge is 2.50. The second kappa shape index (κ2) is 10.8. The Morgan fingerprint density at radius 2 is 2.06 bits per heavy atom. The second-order valence-electron chi connectivity index (χ2n) is 10.8. The molecule has 6 atom stereocenters. The second-order valence-corrected chi connectivity index (χ2v) is 12.5. The molecule has 3 aliphatic carbocycles. The van der Waals surface area contributed by atoms with Crippen LogP contribution < -0.4 is 0 Å². The molecule has 0 bridgehead atoms. The van der Waals surface area contributed by atoms with E-state index in [0.717, 1.165) is 36.8 Å². The third-order valence-corrected chi connectivity index (χ3v) is 9.01. The predicted octanol–water partition coefficient (Wildman–Crippen LogP) is 6.56. The van der Waals surface area contributed by atoms with Crippen molar-refractivity contribution in [2.75, 3.05) is 6.61 Å². The molecule has 32 heavy (non-hydrogen) atoms. The molecule has 180 valence electrons. The molecule has 0 heterocycles. The van der Waals surface area contributed by atoms with Gasteiger partial charge < -0.3 is 15.3 Å². The zero-order valence-corrected chi connectivity index (χ0v) is 21.6. The van der Waals surface area contributed by atoms with Gasteiger partial charge in [-0.2, -0.15) is 12.6 Å². The minimum absolute atomic E-state index is 0.0469. The molecule has 3 rings (SSSR count). The van der Waals surface area contributed by atoms with E-state index >= 15 is 0 Å². The summed E-state index contributed by atoms with van der Waals surface area (Å²) < 4.78 is 0. The van der Waals surface area contributed by atoms with Crippen LogP contribution in [0.5, 0.6) is 0 Å². The van der Waals surface area contributed by atoms with Gasteiger partial charge in [-0.1, -0.05) is 31.2 Å². The Hall–Kier alpha value is -0.620. The van der Waals surface area contributed by atoms with Crippen molar-refractivity contribution < 1.29 is 15.3 Å². The van der Waals surface area contributed by atoms with Gasteiger partial charge in [-0.3, -0.25) is 0 Å². The lowest BCUT2D eigenvalue weighted by molar-refractivity contribution is 0.125. The fourth-order valence-electron chi connectivity index (χ4n) is 6.43. The van der Waals surface area contributed by atoms with E-state index in [4.69, 9.17) is 12.6 Å². The molecule has 0 aromatic heterocycles. The third-order valence-electron chi connectivity index (χ3n) is 8.17. The molecule has 0 aliphatic heterocycles. The van der Waals surface area contributed by atoms with E-state index in [-0.39, 0.29) is 17.9 Å². The molecule has 0 spiro atoms. The monoisotopic (exact) mass is 478 g/mol. The molecule has 2 unspecified atom stereocenters. The van der Waals surface area contributed by atoms with Crippen molar-refractivity contribution in [2.24, 2.45) is 23.2 Å². The molecule has 3 aliphatic rings. The van der Waals surface area contributed by atoms with E-state index in [1.165, 1.54) is 25.7 Å². The summed E-state index contributed by atoms with van der Waals surface area (Å²) in [6.07, 6.45) is 16.3. The van der Waals surface area contributed by atoms with E-state index in [9.17, 15) is 15.3 Å². The first kappa shape index (κ1) is 26.0. The van der Waals surface area contributed by atoms with E-state index in [1.54, 1.807) is 18.6 Å². The van der Waals surface area contributed by atoms with Gasteiger partial charge in [0.15, 0.2) is 0 Å². The van der Waals surface area contributed by atoms with E-state index in [0.29, 0.717) is 35.7 Å². The minimum atomic E-state index is -0.896. The van der Waals surface area contributed by atoms with Gasteiger partial charge in [-0.25, -0.2) is 0 Å². The van der Waals surface area contributed by atoms with Crippen molar-refractivity contribution >= 4 is 25.3 Å². The number of fused-ring (bicyclic) bond motifs is 1. The quantitative estimate of drug-likeness (QED) is 0.213. The van der Waals surface area contributed by atoms with Crippen molar-refractivity contribution in [3.8, 4) is 0 Å². The molecule has 0 aromatic rings. The van der Waals surface area contributed by atoms with Gasteiger partial charge in [0, 0.05) is 18.3 Å². The average molecular weight is 479 g/mol.